The quantitative estimate of drug-likeness (QED) is 0.498. The lowest BCUT2D eigenvalue weighted by molar-refractivity contribution is -0.143. The van der Waals surface area contributed by atoms with Gasteiger partial charge in [-0.05, 0) is 0 Å². The average molecular weight is 201 g/mol. The van der Waals surface area contributed by atoms with Crippen LogP contribution in [0.15, 0.2) is 0 Å². The lowest BCUT2D eigenvalue weighted by Gasteiger charge is -2.03. The first kappa shape index (κ1) is 12.6. The summed E-state index contributed by atoms with van der Waals surface area (Å²) in [5.41, 5.74) is 0. The predicted molar refractivity (Wildman–Crippen MR) is 49.3 cm³/mol. The Labute approximate surface area is 82.8 Å². The predicted octanol–water partition coefficient (Wildman–Crippen LogP) is 0.382. The molecule has 1 N–H and O–H groups in total. The molecule has 0 aliphatic heterocycles. The Morgan fingerprint density at radius 2 is 1.86 bits per heavy atom. The second-order valence-corrected chi connectivity index (χ2v) is 2.77. The molecule has 0 aromatic rings. The highest BCUT2D eigenvalue weighted by molar-refractivity contribution is 5.84. The highest BCUT2D eigenvalue weighted by Crippen LogP contribution is 1.94. The van der Waals surface area contributed by atoms with Crippen molar-refractivity contribution in [2.75, 3.05) is 6.73 Å². The van der Waals surface area contributed by atoms with Gasteiger partial charge < -0.3 is 10.1 Å². The van der Waals surface area contributed by atoms with Crippen LogP contribution in [-0.2, 0) is 19.1 Å². The molecular formula is C9H15NO4. The Morgan fingerprint density at radius 3 is 2.36 bits per heavy atom. The van der Waals surface area contributed by atoms with Crippen molar-refractivity contribution in [1.82, 2.24) is 5.32 Å². The van der Waals surface area contributed by atoms with E-state index < -0.39 is 5.97 Å². The van der Waals surface area contributed by atoms with E-state index in [1.165, 1.54) is 6.92 Å². The summed E-state index contributed by atoms with van der Waals surface area (Å²) >= 11 is 0. The molecule has 0 aromatic heterocycles. The van der Waals surface area contributed by atoms with Crippen LogP contribution in [0.4, 0.5) is 0 Å². The molecule has 1 amide bonds. The fourth-order valence-corrected chi connectivity index (χ4v) is 0.736. The van der Waals surface area contributed by atoms with Crippen LogP contribution in [-0.4, -0.2) is 24.4 Å². The minimum Gasteiger partial charge on any atom is -0.445 e. The third-order valence-electron chi connectivity index (χ3n) is 1.57. The van der Waals surface area contributed by atoms with Gasteiger partial charge in [0.05, 0.1) is 0 Å². The fourth-order valence-electron chi connectivity index (χ4n) is 0.736. The van der Waals surface area contributed by atoms with Gasteiger partial charge in [0.25, 0.3) is 0 Å². The van der Waals surface area contributed by atoms with Gasteiger partial charge in [-0.3, -0.25) is 14.4 Å². The third kappa shape index (κ3) is 7.27. The lowest BCUT2D eigenvalue weighted by Crippen LogP contribution is -2.27. The second-order valence-electron chi connectivity index (χ2n) is 2.77. The maximum atomic E-state index is 11.0. The number of hydrogen-bond acceptors (Lipinski definition) is 4. The van der Waals surface area contributed by atoms with Crippen molar-refractivity contribution in [2.45, 2.75) is 33.1 Å². The van der Waals surface area contributed by atoms with Crippen molar-refractivity contribution in [3.05, 3.63) is 0 Å². The van der Waals surface area contributed by atoms with Crippen molar-refractivity contribution < 1.29 is 19.1 Å². The van der Waals surface area contributed by atoms with E-state index in [4.69, 9.17) is 0 Å². The lowest BCUT2D eigenvalue weighted by atomic mass is 10.2. The number of carbonyl (C=O) groups is 3. The molecule has 5 heteroatoms. The van der Waals surface area contributed by atoms with Gasteiger partial charge in [0, 0.05) is 26.2 Å². The van der Waals surface area contributed by atoms with Gasteiger partial charge in [-0.2, -0.15) is 0 Å². The Morgan fingerprint density at radius 1 is 1.21 bits per heavy atom. The number of amides is 1. The number of esters is 1. The number of Topliss-reactive ketones (excluding diaryl/α,β-unsaturated/α-hetero) is 1. The molecule has 0 heterocycles. The Hall–Kier alpha value is -1.39. The zero-order valence-electron chi connectivity index (χ0n) is 8.46. The molecule has 0 atom stereocenters. The monoisotopic (exact) mass is 201 g/mol. The van der Waals surface area contributed by atoms with Gasteiger partial charge in [-0.1, -0.05) is 6.92 Å². The Bertz CT molecular complexity index is 225. The van der Waals surface area contributed by atoms with E-state index in [1.807, 2.05) is 0 Å². The molecule has 0 unspecified atom stereocenters. The van der Waals surface area contributed by atoms with E-state index in [-0.39, 0.29) is 31.3 Å². The largest absolute Gasteiger partial charge is 0.445 e. The van der Waals surface area contributed by atoms with E-state index >= 15 is 0 Å². The number of hydrogen-bond donors (Lipinski definition) is 1. The summed E-state index contributed by atoms with van der Waals surface area (Å²) in [4.78, 5) is 32.1. The van der Waals surface area contributed by atoms with E-state index in [0.717, 1.165) is 0 Å². The number of ether oxygens (including phenoxy) is 1. The molecule has 0 saturated carbocycles. The van der Waals surface area contributed by atoms with Gasteiger partial charge in [-0.25, -0.2) is 0 Å². The Balaban J connectivity index is 3.46. The topological polar surface area (TPSA) is 72.5 Å². The van der Waals surface area contributed by atoms with E-state index in [2.05, 4.69) is 10.1 Å². The van der Waals surface area contributed by atoms with Crippen molar-refractivity contribution >= 4 is 17.7 Å². The summed E-state index contributed by atoms with van der Waals surface area (Å²) in [5.74, 6) is -0.685. The molecule has 0 saturated heterocycles. The number of carbonyl (C=O) groups excluding carboxylic acids is 3. The molecular weight excluding hydrogens is 186 g/mol. The van der Waals surface area contributed by atoms with Gasteiger partial charge in [-0.15, -0.1) is 0 Å². The van der Waals surface area contributed by atoms with Gasteiger partial charge >= 0.3 is 5.97 Å². The summed E-state index contributed by atoms with van der Waals surface area (Å²) < 4.78 is 4.49. The molecule has 0 aliphatic carbocycles. The van der Waals surface area contributed by atoms with Crippen LogP contribution >= 0.6 is 0 Å². The number of ketones is 1. The zero-order valence-corrected chi connectivity index (χ0v) is 8.46. The van der Waals surface area contributed by atoms with E-state index in [1.54, 1.807) is 6.92 Å². The minimum absolute atomic E-state index is 0.0487. The maximum Gasteiger partial charge on any atom is 0.304 e. The summed E-state index contributed by atoms with van der Waals surface area (Å²) in [6.07, 6.45) is 0.827. The number of rotatable bonds is 6. The molecule has 5 nitrogen and oxygen atoms in total. The summed E-state index contributed by atoms with van der Waals surface area (Å²) in [7, 11) is 0. The van der Waals surface area contributed by atoms with E-state index in [0.29, 0.717) is 6.42 Å². The molecule has 14 heavy (non-hydrogen) atoms. The van der Waals surface area contributed by atoms with Gasteiger partial charge in [0.2, 0.25) is 5.91 Å². The molecule has 0 bridgehead atoms. The van der Waals surface area contributed by atoms with Crippen LogP contribution in [0, 0.1) is 0 Å². The molecule has 80 valence electrons. The SMILES string of the molecule is CCC(=O)CCC(=O)NCOC(C)=O. The van der Waals surface area contributed by atoms with Crippen LogP contribution in [0.25, 0.3) is 0 Å². The van der Waals surface area contributed by atoms with Crippen LogP contribution < -0.4 is 5.32 Å². The second kappa shape index (κ2) is 7.06. The Kier molecular flexibility index (Phi) is 6.36. The zero-order chi connectivity index (χ0) is 11.0. The van der Waals surface area contributed by atoms with Crippen molar-refractivity contribution in [3.8, 4) is 0 Å². The van der Waals surface area contributed by atoms with Crippen molar-refractivity contribution in [2.24, 2.45) is 0 Å². The molecule has 0 aromatic carbocycles. The van der Waals surface area contributed by atoms with E-state index in [9.17, 15) is 14.4 Å². The summed E-state index contributed by atoms with van der Waals surface area (Å²) in [6.45, 7) is 2.88. The van der Waals surface area contributed by atoms with Crippen molar-refractivity contribution in [3.63, 3.8) is 0 Å². The molecule has 0 radical (unpaired) electrons. The normalized spacial score (nSPS) is 9.29. The molecule has 0 spiro atoms. The first-order valence-electron chi connectivity index (χ1n) is 4.48. The molecule has 0 rings (SSSR count). The van der Waals surface area contributed by atoms with Crippen LogP contribution in [0.1, 0.15) is 33.1 Å². The first-order chi connectivity index (χ1) is 6.56. The molecule has 0 aliphatic rings. The smallest absolute Gasteiger partial charge is 0.304 e. The van der Waals surface area contributed by atoms with Crippen LogP contribution in [0.3, 0.4) is 0 Å². The van der Waals surface area contributed by atoms with Crippen molar-refractivity contribution in [1.29, 1.82) is 0 Å². The van der Waals surface area contributed by atoms with Crippen LogP contribution in [0.5, 0.6) is 0 Å². The third-order valence-corrected chi connectivity index (χ3v) is 1.57. The van der Waals surface area contributed by atoms with Crippen LogP contribution in [0.2, 0.25) is 0 Å². The average Bonchev–Trinajstić information content (AvgIpc) is 2.13. The first-order valence-corrected chi connectivity index (χ1v) is 4.48. The standard InChI is InChI=1S/C9H15NO4/c1-3-8(12)4-5-9(13)10-6-14-7(2)11/h3-6H2,1-2H3,(H,10,13). The number of nitrogens with one attached hydrogen (secondary N) is 1. The highest BCUT2D eigenvalue weighted by Gasteiger charge is 2.04. The fraction of sp³-hybridized carbons (Fsp3) is 0.667. The maximum absolute atomic E-state index is 11.0. The summed E-state index contributed by atoms with van der Waals surface area (Å²) in [5, 5.41) is 2.36. The van der Waals surface area contributed by atoms with Gasteiger partial charge in [0.15, 0.2) is 6.73 Å². The minimum atomic E-state index is -0.449. The molecule has 0 fully saturated rings. The highest BCUT2D eigenvalue weighted by atomic mass is 16.5. The van der Waals surface area contributed by atoms with Gasteiger partial charge in [0.1, 0.15) is 5.78 Å². The summed E-state index contributed by atoms with van der Waals surface area (Å²) in [6, 6.07) is 0.